The van der Waals surface area contributed by atoms with E-state index in [2.05, 4.69) is 42.1 Å². The summed E-state index contributed by atoms with van der Waals surface area (Å²) in [6.45, 7) is 4.67. The molecule has 0 atom stereocenters. The third kappa shape index (κ3) is 3.14. The molecule has 1 aliphatic heterocycles. The van der Waals surface area contributed by atoms with Gasteiger partial charge in [-0.2, -0.15) is 0 Å². The number of likely N-dealkylation sites (N-methyl/N-ethyl adjacent to an activating group) is 1. The topological polar surface area (TPSA) is 38.1 Å². The van der Waals surface area contributed by atoms with Gasteiger partial charge in [-0.15, -0.1) is 11.3 Å². The molecule has 4 rings (SSSR count). The maximum absolute atomic E-state index is 12.6. The maximum Gasteiger partial charge on any atom is 0.251 e. The molecule has 4 nitrogen and oxygen atoms in total. The Hall–Kier alpha value is -1.98. The summed E-state index contributed by atoms with van der Waals surface area (Å²) < 4.78 is 1.96. The Morgan fingerprint density at radius 1 is 1.36 bits per heavy atom. The summed E-state index contributed by atoms with van der Waals surface area (Å²) in [5.41, 5.74) is 6.80. The van der Waals surface area contributed by atoms with E-state index in [4.69, 9.17) is 0 Å². The monoisotopic (exact) mass is 353 g/mol. The van der Waals surface area contributed by atoms with E-state index in [1.807, 2.05) is 16.1 Å². The van der Waals surface area contributed by atoms with Gasteiger partial charge in [-0.25, -0.2) is 4.98 Å². The van der Waals surface area contributed by atoms with Gasteiger partial charge in [-0.05, 0) is 44.4 Å². The first-order valence-corrected chi connectivity index (χ1v) is 9.73. The zero-order valence-electron chi connectivity index (χ0n) is 14.8. The Balaban J connectivity index is 1.61. The molecule has 3 heterocycles. The lowest BCUT2D eigenvalue weighted by Gasteiger charge is -2.23. The Kier molecular flexibility index (Phi) is 4.44. The lowest BCUT2D eigenvalue weighted by molar-refractivity contribution is 0.332. The van der Waals surface area contributed by atoms with Gasteiger partial charge in [0.25, 0.3) is 5.56 Å². The van der Waals surface area contributed by atoms with Crippen LogP contribution in [0.3, 0.4) is 0 Å². The molecule has 1 aromatic carbocycles. The number of para-hydroxylation sites is 1. The highest BCUT2D eigenvalue weighted by atomic mass is 32.1. The number of thiazole rings is 1. The zero-order valence-corrected chi connectivity index (χ0v) is 15.6. The van der Waals surface area contributed by atoms with Crippen molar-refractivity contribution in [1.29, 1.82) is 0 Å². The van der Waals surface area contributed by atoms with Crippen LogP contribution in [-0.2, 0) is 25.9 Å². The van der Waals surface area contributed by atoms with E-state index in [9.17, 15) is 4.79 Å². The predicted molar refractivity (Wildman–Crippen MR) is 103 cm³/mol. The lowest BCUT2D eigenvalue weighted by atomic mass is 9.98. The molecule has 0 amide bonds. The van der Waals surface area contributed by atoms with Gasteiger partial charge in [-0.3, -0.25) is 4.79 Å². The molecule has 130 valence electrons. The SMILES string of the molecule is Cc1ncsc1CCN(C)Cc1cc(=O)n2c3c(cccc13)CCC2. The summed E-state index contributed by atoms with van der Waals surface area (Å²) in [5, 5.41) is 1.23. The molecule has 0 bridgehead atoms. The summed E-state index contributed by atoms with van der Waals surface area (Å²) in [5.74, 6) is 0. The number of aromatic nitrogens is 2. The molecule has 0 unspecified atom stereocenters. The fourth-order valence-electron chi connectivity index (χ4n) is 3.79. The second-order valence-electron chi connectivity index (χ2n) is 6.93. The average Bonchev–Trinajstić information content (AvgIpc) is 3.02. The highest BCUT2D eigenvalue weighted by molar-refractivity contribution is 7.09. The van der Waals surface area contributed by atoms with Crippen molar-refractivity contribution in [2.45, 2.75) is 39.3 Å². The van der Waals surface area contributed by atoms with Crippen molar-refractivity contribution in [2.24, 2.45) is 0 Å². The number of aryl methyl sites for hydroxylation is 3. The normalized spacial score (nSPS) is 13.7. The van der Waals surface area contributed by atoms with Crippen LogP contribution in [0.4, 0.5) is 0 Å². The van der Waals surface area contributed by atoms with Crippen molar-refractivity contribution in [3.63, 3.8) is 0 Å². The van der Waals surface area contributed by atoms with Gasteiger partial charge in [0.15, 0.2) is 0 Å². The summed E-state index contributed by atoms with van der Waals surface area (Å²) in [4.78, 5) is 20.6. The number of pyridine rings is 1. The van der Waals surface area contributed by atoms with Crippen molar-refractivity contribution >= 4 is 22.2 Å². The molecule has 0 fully saturated rings. The third-order valence-electron chi connectivity index (χ3n) is 5.13. The third-order valence-corrected chi connectivity index (χ3v) is 6.13. The molecule has 2 aromatic heterocycles. The fraction of sp³-hybridized carbons (Fsp3) is 0.400. The van der Waals surface area contributed by atoms with Gasteiger partial charge in [0.1, 0.15) is 0 Å². The number of hydrogen-bond acceptors (Lipinski definition) is 4. The second kappa shape index (κ2) is 6.73. The van der Waals surface area contributed by atoms with E-state index >= 15 is 0 Å². The highest BCUT2D eigenvalue weighted by Crippen LogP contribution is 2.26. The molecule has 0 spiro atoms. The van der Waals surface area contributed by atoms with Crippen LogP contribution in [0.25, 0.3) is 10.9 Å². The van der Waals surface area contributed by atoms with E-state index in [0.717, 1.165) is 55.7 Å². The molecule has 0 radical (unpaired) electrons. The Morgan fingerprint density at radius 2 is 2.24 bits per heavy atom. The minimum Gasteiger partial charge on any atom is -0.308 e. The van der Waals surface area contributed by atoms with Crippen LogP contribution < -0.4 is 5.56 Å². The first-order valence-electron chi connectivity index (χ1n) is 8.85. The fourth-order valence-corrected chi connectivity index (χ4v) is 4.57. The Labute approximate surface area is 151 Å². The number of benzene rings is 1. The first kappa shape index (κ1) is 16.5. The molecule has 0 saturated carbocycles. The summed E-state index contributed by atoms with van der Waals surface area (Å²) in [6.07, 6.45) is 3.13. The predicted octanol–water partition coefficient (Wildman–Crippen LogP) is 3.39. The van der Waals surface area contributed by atoms with Crippen LogP contribution in [0.1, 0.15) is 28.1 Å². The number of nitrogens with zero attached hydrogens (tertiary/aromatic N) is 3. The minimum atomic E-state index is 0.140. The Bertz CT molecular complexity index is 973. The van der Waals surface area contributed by atoms with E-state index in [1.54, 1.807) is 11.3 Å². The average molecular weight is 353 g/mol. The van der Waals surface area contributed by atoms with Crippen LogP contribution in [0, 0.1) is 6.92 Å². The molecule has 1 aliphatic rings. The van der Waals surface area contributed by atoms with Crippen molar-refractivity contribution in [1.82, 2.24) is 14.5 Å². The van der Waals surface area contributed by atoms with Crippen LogP contribution in [0.5, 0.6) is 0 Å². The van der Waals surface area contributed by atoms with Crippen molar-refractivity contribution < 1.29 is 0 Å². The number of rotatable bonds is 5. The van der Waals surface area contributed by atoms with E-state index in [-0.39, 0.29) is 5.56 Å². The van der Waals surface area contributed by atoms with Crippen LogP contribution in [-0.4, -0.2) is 28.0 Å². The zero-order chi connectivity index (χ0) is 17.4. The number of hydrogen-bond donors (Lipinski definition) is 0. The molecule has 0 saturated heterocycles. The van der Waals surface area contributed by atoms with E-state index in [1.165, 1.54) is 15.8 Å². The van der Waals surface area contributed by atoms with Gasteiger partial charge in [0.2, 0.25) is 0 Å². The highest BCUT2D eigenvalue weighted by Gasteiger charge is 2.16. The van der Waals surface area contributed by atoms with Crippen LogP contribution >= 0.6 is 11.3 Å². The van der Waals surface area contributed by atoms with Gasteiger partial charge in [0.05, 0.1) is 16.7 Å². The summed E-state index contributed by atoms with van der Waals surface area (Å²) >= 11 is 1.73. The standard InChI is InChI=1S/C20H23N3OS/c1-14-18(25-13-21-14)8-10-22(2)12-16-11-19(24)23-9-4-6-15-5-3-7-17(16)20(15)23/h3,5,7,11,13H,4,6,8-10,12H2,1-2H3. The summed E-state index contributed by atoms with van der Waals surface area (Å²) in [6, 6.07) is 8.29. The first-order chi connectivity index (χ1) is 12.1. The minimum absolute atomic E-state index is 0.140. The molecular weight excluding hydrogens is 330 g/mol. The lowest BCUT2D eigenvalue weighted by Crippen LogP contribution is -2.27. The largest absolute Gasteiger partial charge is 0.308 e. The molecule has 5 heteroatoms. The second-order valence-corrected chi connectivity index (χ2v) is 7.86. The van der Waals surface area contributed by atoms with Crippen LogP contribution in [0.15, 0.2) is 34.6 Å². The molecular formula is C20H23N3OS. The van der Waals surface area contributed by atoms with Crippen LogP contribution in [0.2, 0.25) is 0 Å². The smallest absolute Gasteiger partial charge is 0.251 e. The summed E-state index contributed by atoms with van der Waals surface area (Å²) in [7, 11) is 2.13. The molecule has 3 aromatic rings. The van der Waals surface area contributed by atoms with Crippen molar-refractivity contribution in [3.8, 4) is 0 Å². The van der Waals surface area contributed by atoms with Crippen molar-refractivity contribution in [2.75, 3.05) is 13.6 Å². The molecule has 25 heavy (non-hydrogen) atoms. The van der Waals surface area contributed by atoms with Gasteiger partial charge < -0.3 is 9.47 Å². The Morgan fingerprint density at radius 3 is 3.04 bits per heavy atom. The van der Waals surface area contributed by atoms with E-state index < -0.39 is 0 Å². The maximum atomic E-state index is 12.6. The van der Waals surface area contributed by atoms with Gasteiger partial charge in [-0.1, -0.05) is 18.2 Å². The quantitative estimate of drug-likeness (QED) is 0.706. The molecule has 0 N–H and O–H groups in total. The van der Waals surface area contributed by atoms with Gasteiger partial charge in [0, 0.05) is 36.0 Å². The van der Waals surface area contributed by atoms with Gasteiger partial charge >= 0.3 is 0 Å². The van der Waals surface area contributed by atoms with E-state index in [0.29, 0.717) is 0 Å². The molecule has 0 aliphatic carbocycles. The van der Waals surface area contributed by atoms with Crippen molar-refractivity contribution in [3.05, 3.63) is 61.8 Å².